The molecule has 4 rings (SSSR count). The van der Waals surface area contributed by atoms with Gasteiger partial charge in [0, 0.05) is 37.2 Å². The van der Waals surface area contributed by atoms with Gasteiger partial charge >= 0.3 is 0 Å². The zero-order chi connectivity index (χ0) is 15.7. The monoisotopic (exact) mass is 316 g/mol. The number of hydrogen-bond acceptors (Lipinski definition) is 5. The summed E-state index contributed by atoms with van der Waals surface area (Å²) in [6, 6.07) is 2.64. The van der Waals surface area contributed by atoms with E-state index in [2.05, 4.69) is 33.2 Å². The zero-order valence-corrected chi connectivity index (χ0v) is 14.1. The number of rotatable bonds is 5. The molecule has 3 aliphatic rings. The second-order valence-corrected chi connectivity index (χ2v) is 7.27. The van der Waals surface area contributed by atoms with Gasteiger partial charge in [0.15, 0.2) is 0 Å². The van der Waals surface area contributed by atoms with Crippen LogP contribution in [0.25, 0.3) is 0 Å². The first-order valence-electron chi connectivity index (χ1n) is 9.27. The molecule has 1 aromatic rings. The Morgan fingerprint density at radius 3 is 2.74 bits per heavy atom. The molecule has 0 radical (unpaired) electrons. The number of hydrogen-bond donors (Lipinski definition) is 1. The summed E-state index contributed by atoms with van der Waals surface area (Å²) in [6.07, 6.45) is 11.1. The third kappa shape index (κ3) is 2.69. The molecule has 1 N–H and O–H groups in total. The fraction of sp³-hybridized carbons (Fsp3) is 0.778. The molecule has 0 bridgehead atoms. The van der Waals surface area contributed by atoms with Crippen LogP contribution in [-0.2, 0) is 4.74 Å². The van der Waals surface area contributed by atoms with Crippen LogP contribution >= 0.6 is 0 Å². The average Bonchev–Trinajstić information content (AvgIpc) is 2.53. The quantitative estimate of drug-likeness (QED) is 0.904. The minimum Gasteiger partial charge on any atom is -0.378 e. The Morgan fingerprint density at radius 2 is 2.04 bits per heavy atom. The van der Waals surface area contributed by atoms with E-state index in [4.69, 9.17) is 4.74 Å². The fourth-order valence-corrected chi connectivity index (χ4v) is 4.54. The van der Waals surface area contributed by atoms with E-state index in [1.165, 1.54) is 38.5 Å². The van der Waals surface area contributed by atoms with Gasteiger partial charge in [-0.3, -0.25) is 0 Å². The van der Waals surface area contributed by atoms with E-state index in [1.54, 1.807) is 6.33 Å². The van der Waals surface area contributed by atoms with Crippen molar-refractivity contribution in [1.82, 2.24) is 9.97 Å². The van der Waals surface area contributed by atoms with E-state index in [1.807, 2.05) is 0 Å². The van der Waals surface area contributed by atoms with E-state index in [-0.39, 0.29) is 0 Å². The lowest BCUT2D eigenvalue weighted by Gasteiger charge is -2.61. The number of aromatic nitrogens is 2. The summed E-state index contributed by atoms with van der Waals surface area (Å²) in [5.74, 6) is 2.05. The summed E-state index contributed by atoms with van der Waals surface area (Å²) < 4.78 is 5.94. The predicted molar refractivity (Wildman–Crippen MR) is 91.8 cm³/mol. The van der Waals surface area contributed by atoms with Crippen molar-refractivity contribution in [3.8, 4) is 0 Å². The summed E-state index contributed by atoms with van der Waals surface area (Å²) in [4.78, 5) is 11.3. The number of ether oxygens (including phenoxy) is 1. The lowest BCUT2D eigenvalue weighted by Crippen LogP contribution is -2.64. The maximum Gasteiger partial charge on any atom is 0.134 e. The molecular weight excluding hydrogens is 288 g/mol. The van der Waals surface area contributed by atoms with Gasteiger partial charge in [-0.2, -0.15) is 0 Å². The zero-order valence-electron chi connectivity index (χ0n) is 14.1. The molecule has 0 amide bonds. The Hall–Kier alpha value is -1.36. The van der Waals surface area contributed by atoms with Crippen molar-refractivity contribution in [3.63, 3.8) is 0 Å². The summed E-state index contributed by atoms with van der Waals surface area (Å²) in [7, 11) is 0. The first-order chi connectivity index (χ1) is 11.3. The number of nitrogens with zero attached hydrogens (tertiary/aromatic N) is 3. The second kappa shape index (κ2) is 6.27. The van der Waals surface area contributed by atoms with Crippen LogP contribution < -0.4 is 10.2 Å². The van der Waals surface area contributed by atoms with Crippen LogP contribution in [0.15, 0.2) is 12.4 Å². The standard InChI is InChI=1S/C18H28N4O/c1-2-23-15-11-14(18(15)7-6-8-18)21-16-12-17(20-13-19-16)22-9-4-3-5-10-22/h12-15H,2-11H2,1H3,(H,19,20,21). The van der Waals surface area contributed by atoms with Crippen LogP contribution in [-0.4, -0.2) is 41.8 Å². The summed E-state index contributed by atoms with van der Waals surface area (Å²) >= 11 is 0. The van der Waals surface area contributed by atoms with Crippen molar-refractivity contribution in [1.29, 1.82) is 0 Å². The van der Waals surface area contributed by atoms with E-state index >= 15 is 0 Å². The smallest absolute Gasteiger partial charge is 0.134 e. The van der Waals surface area contributed by atoms with Gasteiger partial charge in [-0.1, -0.05) is 6.42 Å². The van der Waals surface area contributed by atoms with Crippen molar-refractivity contribution in [2.45, 2.75) is 64.0 Å². The molecule has 3 fully saturated rings. The SMILES string of the molecule is CCOC1CC(Nc2cc(N3CCCCC3)ncn2)C12CCC2. The minimum atomic E-state index is 0.367. The summed E-state index contributed by atoms with van der Waals surface area (Å²) in [5.41, 5.74) is 0.367. The van der Waals surface area contributed by atoms with Crippen molar-refractivity contribution in [3.05, 3.63) is 12.4 Å². The number of piperidine rings is 1. The minimum absolute atomic E-state index is 0.367. The van der Waals surface area contributed by atoms with Gasteiger partial charge < -0.3 is 15.0 Å². The molecule has 2 saturated carbocycles. The molecule has 23 heavy (non-hydrogen) atoms. The van der Waals surface area contributed by atoms with Gasteiger partial charge in [-0.05, 0) is 45.4 Å². The molecule has 1 aromatic heterocycles. The average molecular weight is 316 g/mol. The van der Waals surface area contributed by atoms with E-state index in [0.29, 0.717) is 17.6 Å². The van der Waals surface area contributed by atoms with E-state index in [9.17, 15) is 0 Å². The summed E-state index contributed by atoms with van der Waals surface area (Å²) in [5, 5.41) is 3.68. The highest BCUT2D eigenvalue weighted by molar-refractivity contribution is 5.50. The molecule has 1 spiro atoms. The lowest BCUT2D eigenvalue weighted by atomic mass is 9.51. The Balaban J connectivity index is 1.43. The van der Waals surface area contributed by atoms with Gasteiger partial charge in [-0.25, -0.2) is 9.97 Å². The molecule has 5 nitrogen and oxygen atoms in total. The topological polar surface area (TPSA) is 50.3 Å². The van der Waals surface area contributed by atoms with E-state index < -0.39 is 0 Å². The van der Waals surface area contributed by atoms with Gasteiger partial charge in [0.05, 0.1) is 6.10 Å². The van der Waals surface area contributed by atoms with Crippen molar-refractivity contribution in [2.75, 3.05) is 29.9 Å². The Kier molecular flexibility index (Phi) is 4.14. The fourth-order valence-electron chi connectivity index (χ4n) is 4.54. The van der Waals surface area contributed by atoms with Crippen LogP contribution in [0.3, 0.4) is 0 Å². The normalized spacial score (nSPS) is 29.0. The summed E-state index contributed by atoms with van der Waals surface area (Å²) in [6.45, 7) is 5.17. The molecule has 2 aliphatic carbocycles. The first kappa shape index (κ1) is 15.2. The van der Waals surface area contributed by atoms with E-state index in [0.717, 1.165) is 37.8 Å². The molecule has 1 aliphatic heterocycles. The highest BCUT2D eigenvalue weighted by atomic mass is 16.5. The molecule has 5 heteroatoms. The van der Waals surface area contributed by atoms with Crippen LogP contribution in [0.4, 0.5) is 11.6 Å². The van der Waals surface area contributed by atoms with Crippen LogP contribution in [0.2, 0.25) is 0 Å². The second-order valence-electron chi connectivity index (χ2n) is 7.27. The molecule has 0 aromatic carbocycles. The van der Waals surface area contributed by atoms with Gasteiger partial charge in [0.2, 0.25) is 0 Å². The third-order valence-electron chi connectivity index (χ3n) is 6.09. The molecule has 2 heterocycles. The molecule has 2 unspecified atom stereocenters. The highest BCUT2D eigenvalue weighted by Crippen LogP contribution is 2.58. The molecule has 2 atom stereocenters. The highest BCUT2D eigenvalue weighted by Gasteiger charge is 2.59. The molecule has 1 saturated heterocycles. The Morgan fingerprint density at radius 1 is 1.22 bits per heavy atom. The van der Waals surface area contributed by atoms with Crippen molar-refractivity contribution < 1.29 is 4.74 Å². The van der Waals surface area contributed by atoms with Gasteiger partial charge in [-0.15, -0.1) is 0 Å². The largest absolute Gasteiger partial charge is 0.378 e. The third-order valence-corrected chi connectivity index (χ3v) is 6.09. The Labute approximate surface area is 138 Å². The lowest BCUT2D eigenvalue weighted by molar-refractivity contribution is -0.157. The van der Waals surface area contributed by atoms with Gasteiger partial charge in [0.1, 0.15) is 18.0 Å². The Bertz CT molecular complexity index is 540. The number of anilines is 2. The van der Waals surface area contributed by atoms with Crippen LogP contribution in [0.5, 0.6) is 0 Å². The maximum absolute atomic E-state index is 5.94. The maximum atomic E-state index is 5.94. The molecular formula is C18H28N4O. The van der Waals surface area contributed by atoms with Crippen LogP contribution in [0.1, 0.15) is 51.9 Å². The van der Waals surface area contributed by atoms with Crippen molar-refractivity contribution >= 4 is 11.6 Å². The first-order valence-corrected chi connectivity index (χ1v) is 9.27. The number of nitrogens with one attached hydrogen (secondary N) is 1. The van der Waals surface area contributed by atoms with Gasteiger partial charge in [0.25, 0.3) is 0 Å². The van der Waals surface area contributed by atoms with Crippen LogP contribution in [0, 0.1) is 5.41 Å². The molecule has 126 valence electrons. The van der Waals surface area contributed by atoms with Crippen molar-refractivity contribution in [2.24, 2.45) is 5.41 Å². The predicted octanol–water partition coefficient (Wildman–Crippen LogP) is 3.23.